The molecule has 1 heterocycles. The Labute approximate surface area is 114 Å². The number of hydrogen-bond acceptors (Lipinski definition) is 3. The van der Waals surface area contributed by atoms with Gasteiger partial charge in [0.1, 0.15) is 5.75 Å². The van der Waals surface area contributed by atoms with Gasteiger partial charge >= 0.3 is 0 Å². The predicted molar refractivity (Wildman–Crippen MR) is 75.5 cm³/mol. The van der Waals surface area contributed by atoms with Crippen LogP contribution in [-0.4, -0.2) is 17.4 Å². The van der Waals surface area contributed by atoms with E-state index in [0.717, 1.165) is 19.3 Å². The summed E-state index contributed by atoms with van der Waals surface area (Å²) in [6, 6.07) is 1.78. The third kappa shape index (κ3) is 4.19. The summed E-state index contributed by atoms with van der Waals surface area (Å²) in [5.41, 5.74) is 1.89. The summed E-state index contributed by atoms with van der Waals surface area (Å²) in [5, 5.41) is 0. The number of carbonyl (C=O) groups excluding carboxylic acids is 1. The van der Waals surface area contributed by atoms with Crippen molar-refractivity contribution in [1.82, 2.24) is 4.98 Å². The van der Waals surface area contributed by atoms with Crippen molar-refractivity contribution in [2.75, 3.05) is 6.61 Å². The van der Waals surface area contributed by atoms with Crippen molar-refractivity contribution >= 4 is 5.78 Å². The molecule has 2 rings (SSSR count). The van der Waals surface area contributed by atoms with Crippen LogP contribution in [0, 0.1) is 0 Å². The van der Waals surface area contributed by atoms with Crippen LogP contribution in [0.15, 0.2) is 30.1 Å². The largest absolute Gasteiger partial charge is 0.492 e. The van der Waals surface area contributed by atoms with E-state index in [4.69, 9.17) is 4.74 Å². The number of carbonyl (C=O) groups is 1. The lowest BCUT2D eigenvalue weighted by molar-refractivity contribution is 0.104. The van der Waals surface area contributed by atoms with E-state index in [1.54, 1.807) is 24.5 Å². The van der Waals surface area contributed by atoms with Crippen molar-refractivity contribution in [1.29, 1.82) is 0 Å². The van der Waals surface area contributed by atoms with E-state index in [1.807, 2.05) is 0 Å². The smallest absolute Gasteiger partial charge is 0.187 e. The molecule has 102 valence electrons. The molecule has 0 unspecified atom stereocenters. The third-order valence-electron chi connectivity index (χ3n) is 3.30. The monoisotopic (exact) mass is 259 g/mol. The molecule has 0 aromatic carbocycles. The van der Waals surface area contributed by atoms with Crippen LogP contribution in [0.3, 0.4) is 0 Å². The summed E-state index contributed by atoms with van der Waals surface area (Å²) in [7, 11) is 0. The zero-order chi connectivity index (χ0) is 13.5. The zero-order valence-electron chi connectivity index (χ0n) is 11.5. The van der Waals surface area contributed by atoms with E-state index in [-0.39, 0.29) is 5.78 Å². The van der Waals surface area contributed by atoms with Gasteiger partial charge in [0.05, 0.1) is 12.8 Å². The van der Waals surface area contributed by atoms with Gasteiger partial charge in [-0.25, -0.2) is 0 Å². The van der Waals surface area contributed by atoms with Gasteiger partial charge in [0.15, 0.2) is 5.78 Å². The molecule has 1 aliphatic carbocycles. The maximum Gasteiger partial charge on any atom is 0.187 e. The summed E-state index contributed by atoms with van der Waals surface area (Å²) in [6.45, 7) is 2.70. The van der Waals surface area contributed by atoms with Gasteiger partial charge in [-0.05, 0) is 44.2 Å². The molecule has 0 amide bonds. The number of aromatic nitrogens is 1. The molecular weight excluding hydrogens is 238 g/mol. The Morgan fingerprint density at radius 2 is 2.11 bits per heavy atom. The molecule has 1 aromatic rings. The second-order valence-corrected chi connectivity index (χ2v) is 4.99. The normalized spacial score (nSPS) is 15.1. The minimum atomic E-state index is 0.0475. The molecule has 0 radical (unpaired) electrons. The Bertz CT molecular complexity index is 458. The SMILES string of the molecule is CCCOc1cncc(C(=O)C=C2CCCCC2)c1. The summed E-state index contributed by atoms with van der Waals surface area (Å²) >= 11 is 0. The van der Waals surface area contributed by atoms with Crippen molar-refractivity contribution in [3.8, 4) is 5.75 Å². The fraction of sp³-hybridized carbons (Fsp3) is 0.500. The summed E-state index contributed by atoms with van der Waals surface area (Å²) in [6.07, 6.45) is 11.8. The molecule has 3 nitrogen and oxygen atoms in total. The fourth-order valence-corrected chi connectivity index (χ4v) is 2.27. The average molecular weight is 259 g/mol. The van der Waals surface area contributed by atoms with Crippen LogP contribution in [-0.2, 0) is 0 Å². The van der Waals surface area contributed by atoms with Gasteiger partial charge in [-0.3, -0.25) is 9.78 Å². The Hall–Kier alpha value is -1.64. The highest BCUT2D eigenvalue weighted by Gasteiger charge is 2.10. The van der Waals surface area contributed by atoms with E-state index in [1.165, 1.54) is 24.8 Å². The fourth-order valence-electron chi connectivity index (χ4n) is 2.27. The van der Waals surface area contributed by atoms with Crippen LogP contribution in [0.5, 0.6) is 5.75 Å². The van der Waals surface area contributed by atoms with Gasteiger partial charge in [0.25, 0.3) is 0 Å². The van der Waals surface area contributed by atoms with E-state index >= 15 is 0 Å². The molecule has 0 spiro atoms. The van der Waals surface area contributed by atoms with Crippen LogP contribution in [0.4, 0.5) is 0 Å². The molecule has 1 aromatic heterocycles. The molecule has 1 saturated carbocycles. The molecule has 0 bridgehead atoms. The van der Waals surface area contributed by atoms with Gasteiger partial charge in [0, 0.05) is 11.8 Å². The van der Waals surface area contributed by atoms with Crippen LogP contribution in [0.2, 0.25) is 0 Å². The zero-order valence-corrected chi connectivity index (χ0v) is 11.5. The quantitative estimate of drug-likeness (QED) is 0.594. The Kier molecular flexibility index (Phi) is 5.13. The molecular formula is C16H21NO2. The number of allylic oxidation sites excluding steroid dienone is 2. The maximum absolute atomic E-state index is 12.2. The third-order valence-corrected chi connectivity index (χ3v) is 3.30. The minimum absolute atomic E-state index is 0.0475. The summed E-state index contributed by atoms with van der Waals surface area (Å²) in [4.78, 5) is 16.2. The molecule has 0 saturated heterocycles. The van der Waals surface area contributed by atoms with Crippen molar-refractivity contribution in [2.24, 2.45) is 0 Å². The predicted octanol–water partition coefficient (Wildman–Crippen LogP) is 3.94. The van der Waals surface area contributed by atoms with Crippen LogP contribution in [0.25, 0.3) is 0 Å². The first kappa shape index (κ1) is 13.8. The second kappa shape index (κ2) is 7.07. The molecule has 19 heavy (non-hydrogen) atoms. The summed E-state index contributed by atoms with van der Waals surface area (Å²) in [5.74, 6) is 0.723. The van der Waals surface area contributed by atoms with E-state index in [9.17, 15) is 4.79 Å². The Morgan fingerprint density at radius 3 is 2.84 bits per heavy atom. The van der Waals surface area contributed by atoms with E-state index in [2.05, 4.69) is 11.9 Å². The first-order valence-corrected chi connectivity index (χ1v) is 7.11. The number of ketones is 1. The lowest BCUT2D eigenvalue weighted by atomic mass is 9.93. The van der Waals surface area contributed by atoms with Crippen LogP contribution < -0.4 is 4.74 Å². The van der Waals surface area contributed by atoms with Crippen molar-refractivity contribution in [2.45, 2.75) is 45.4 Å². The molecule has 1 fully saturated rings. The highest BCUT2D eigenvalue weighted by molar-refractivity contribution is 6.04. The minimum Gasteiger partial charge on any atom is -0.492 e. The topological polar surface area (TPSA) is 39.2 Å². The Balaban J connectivity index is 2.05. The van der Waals surface area contributed by atoms with Crippen LogP contribution in [0.1, 0.15) is 55.8 Å². The average Bonchev–Trinajstić information content (AvgIpc) is 2.46. The number of rotatable bonds is 5. The van der Waals surface area contributed by atoms with Crippen LogP contribution >= 0.6 is 0 Å². The number of pyridine rings is 1. The molecule has 0 aliphatic heterocycles. The van der Waals surface area contributed by atoms with Gasteiger partial charge in [-0.1, -0.05) is 18.9 Å². The Morgan fingerprint density at radius 1 is 1.32 bits per heavy atom. The lowest BCUT2D eigenvalue weighted by Gasteiger charge is -2.13. The lowest BCUT2D eigenvalue weighted by Crippen LogP contribution is -2.02. The van der Waals surface area contributed by atoms with Gasteiger partial charge in [-0.2, -0.15) is 0 Å². The standard InChI is InChI=1S/C16H21NO2/c1-2-8-19-15-10-14(11-17-12-15)16(18)9-13-6-4-3-5-7-13/h9-12H,2-8H2,1H3. The first-order chi connectivity index (χ1) is 9.29. The van der Waals surface area contributed by atoms with E-state index < -0.39 is 0 Å². The number of nitrogens with zero attached hydrogens (tertiary/aromatic N) is 1. The highest BCUT2D eigenvalue weighted by Crippen LogP contribution is 2.23. The second-order valence-electron chi connectivity index (χ2n) is 4.99. The number of hydrogen-bond donors (Lipinski definition) is 0. The first-order valence-electron chi connectivity index (χ1n) is 7.11. The number of ether oxygens (including phenoxy) is 1. The van der Waals surface area contributed by atoms with Crippen molar-refractivity contribution in [3.63, 3.8) is 0 Å². The van der Waals surface area contributed by atoms with Gasteiger partial charge in [0.2, 0.25) is 0 Å². The van der Waals surface area contributed by atoms with Gasteiger partial charge in [-0.15, -0.1) is 0 Å². The highest BCUT2D eigenvalue weighted by atomic mass is 16.5. The van der Waals surface area contributed by atoms with E-state index in [0.29, 0.717) is 17.9 Å². The molecule has 0 atom stereocenters. The summed E-state index contributed by atoms with van der Waals surface area (Å²) < 4.78 is 5.50. The molecule has 3 heteroatoms. The van der Waals surface area contributed by atoms with Crippen molar-refractivity contribution < 1.29 is 9.53 Å². The van der Waals surface area contributed by atoms with Crippen molar-refractivity contribution in [3.05, 3.63) is 35.7 Å². The van der Waals surface area contributed by atoms with Gasteiger partial charge < -0.3 is 4.74 Å². The maximum atomic E-state index is 12.2. The molecule has 1 aliphatic rings. The molecule has 0 N–H and O–H groups in total.